The van der Waals surface area contributed by atoms with Crippen LogP contribution in [0.1, 0.15) is 43.4 Å². The van der Waals surface area contributed by atoms with Gasteiger partial charge in [0.1, 0.15) is 18.1 Å². The lowest BCUT2D eigenvalue weighted by molar-refractivity contribution is -0.143. The molecule has 1 atom stereocenters. The Morgan fingerprint density at radius 2 is 1.45 bits per heavy atom. The van der Waals surface area contributed by atoms with Gasteiger partial charge in [-0.3, -0.25) is 9.59 Å². The van der Waals surface area contributed by atoms with Gasteiger partial charge in [-0.1, -0.05) is 0 Å². The number of nitriles is 2. The first kappa shape index (κ1) is 27.6. The molecule has 1 unspecified atom stereocenters. The summed E-state index contributed by atoms with van der Waals surface area (Å²) in [4.78, 5) is 37.2. The van der Waals surface area contributed by atoms with Crippen LogP contribution < -0.4 is 0 Å². The number of halogens is 1. The molecule has 0 aromatic carbocycles. The predicted molar refractivity (Wildman–Crippen MR) is 113 cm³/mol. The maximum Gasteiger partial charge on any atom is 0.328 e. The van der Waals surface area contributed by atoms with Gasteiger partial charge in [0.05, 0.1) is 29.8 Å². The molecule has 0 saturated heterocycles. The first-order valence-electron chi connectivity index (χ1n) is 9.10. The molecule has 2 rings (SSSR count). The Kier molecular flexibility index (Phi) is 14.6. The van der Waals surface area contributed by atoms with E-state index in [0.717, 1.165) is 10.3 Å². The van der Waals surface area contributed by atoms with Crippen molar-refractivity contribution in [3.63, 3.8) is 0 Å². The fourth-order valence-electron chi connectivity index (χ4n) is 1.69. The van der Waals surface area contributed by atoms with Crippen LogP contribution in [0.4, 0.5) is 0 Å². The van der Waals surface area contributed by atoms with Gasteiger partial charge in [0, 0.05) is 30.4 Å². The highest BCUT2D eigenvalue weighted by Gasteiger charge is 2.21. The normalized spacial score (nSPS) is 9.90. The molecule has 11 heteroatoms. The van der Waals surface area contributed by atoms with E-state index in [4.69, 9.17) is 15.3 Å². The number of nitrogens with zero attached hydrogens (tertiary/aromatic N) is 6. The van der Waals surface area contributed by atoms with Gasteiger partial charge in [-0.2, -0.15) is 10.5 Å². The average molecular weight is 491 g/mol. The summed E-state index contributed by atoms with van der Waals surface area (Å²) >= 11 is 3.22. The number of carbonyl (C=O) groups excluding carboxylic acids is 2. The van der Waals surface area contributed by atoms with Crippen LogP contribution in [0, 0.1) is 36.5 Å². The van der Waals surface area contributed by atoms with Crippen molar-refractivity contribution in [2.75, 3.05) is 13.2 Å². The van der Waals surface area contributed by atoms with Crippen LogP contribution in [0.5, 0.6) is 0 Å². The van der Waals surface area contributed by atoms with Crippen LogP contribution in [-0.4, -0.2) is 45.1 Å². The highest BCUT2D eigenvalue weighted by atomic mass is 79.9. The van der Waals surface area contributed by atoms with E-state index in [-0.39, 0.29) is 13.0 Å². The van der Waals surface area contributed by atoms with Gasteiger partial charge in [0.15, 0.2) is 5.92 Å². The van der Waals surface area contributed by atoms with Crippen LogP contribution in [0.3, 0.4) is 0 Å². The van der Waals surface area contributed by atoms with E-state index in [1.165, 1.54) is 12.4 Å². The zero-order valence-electron chi connectivity index (χ0n) is 17.7. The topological polar surface area (TPSA) is 152 Å². The van der Waals surface area contributed by atoms with Crippen LogP contribution in [0.25, 0.3) is 0 Å². The number of aryl methyl sites for hydroxylation is 2. The van der Waals surface area contributed by atoms with Crippen LogP contribution in [0.2, 0.25) is 0 Å². The molecule has 0 aliphatic rings. The third kappa shape index (κ3) is 12.7. The monoisotopic (exact) mass is 490 g/mol. The van der Waals surface area contributed by atoms with Crippen molar-refractivity contribution in [3.8, 4) is 12.1 Å². The average Bonchev–Trinajstić information content (AvgIpc) is 2.74. The molecule has 0 radical (unpaired) electrons. The SMILES string of the molecule is CCOC(=O)C(C#N)c1cnc(C)nc1.CCOC(=O)CC#N.Cc1ncc(Br)cn1. The fraction of sp³-hybridized carbons (Fsp3) is 0.400. The molecular formula is C20H23BrN6O4. The van der Waals surface area contributed by atoms with E-state index in [9.17, 15) is 9.59 Å². The van der Waals surface area contributed by atoms with E-state index in [1.54, 1.807) is 39.2 Å². The third-order valence-corrected chi connectivity index (χ3v) is 3.47. The summed E-state index contributed by atoms with van der Waals surface area (Å²) in [5, 5.41) is 16.8. The summed E-state index contributed by atoms with van der Waals surface area (Å²) in [7, 11) is 0. The summed E-state index contributed by atoms with van der Waals surface area (Å²) in [6.45, 7) is 7.58. The number of rotatable bonds is 5. The Labute approximate surface area is 189 Å². The standard InChI is InChI=1S/C10H11N3O2.C5H5BrN2.C5H7NO2/c1-3-15-10(14)9(4-11)8-5-12-7(2)13-6-8;1-4-7-2-5(6)3-8-4;1-2-8-5(7)3-4-6/h5-6,9H,3H2,1-2H3;2-3H,1H3;2-3H2,1H3. The lowest BCUT2D eigenvalue weighted by Crippen LogP contribution is -2.15. The summed E-state index contributed by atoms with van der Waals surface area (Å²) in [6, 6.07) is 3.55. The van der Waals surface area contributed by atoms with Gasteiger partial charge in [-0.25, -0.2) is 19.9 Å². The lowest BCUT2D eigenvalue weighted by atomic mass is 10.1. The minimum Gasteiger partial charge on any atom is -0.465 e. The highest BCUT2D eigenvalue weighted by Crippen LogP contribution is 2.14. The summed E-state index contributed by atoms with van der Waals surface area (Å²) < 4.78 is 10.1. The number of hydrogen-bond acceptors (Lipinski definition) is 10. The van der Waals surface area contributed by atoms with Crippen molar-refractivity contribution in [1.29, 1.82) is 10.5 Å². The molecule has 0 aliphatic carbocycles. The molecule has 31 heavy (non-hydrogen) atoms. The van der Waals surface area contributed by atoms with Crippen molar-refractivity contribution in [2.45, 2.75) is 40.0 Å². The molecule has 10 nitrogen and oxygen atoms in total. The summed E-state index contributed by atoms with van der Waals surface area (Å²) in [6.07, 6.45) is 6.23. The first-order valence-corrected chi connectivity index (χ1v) is 9.89. The van der Waals surface area contributed by atoms with Crippen molar-refractivity contribution < 1.29 is 19.1 Å². The van der Waals surface area contributed by atoms with Gasteiger partial charge in [0.25, 0.3) is 0 Å². The second kappa shape index (κ2) is 16.4. The smallest absolute Gasteiger partial charge is 0.328 e. The number of hydrogen-bond donors (Lipinski definition) is 0. The van der Waals surface area contributed by atoms with Gasteiger partial charge in [-0.05, 0) is 43.6 Å². The number of esters is 2. The molecule has 0 amide bonds. The van der Waals surface area contributed by atoms with Gasteiger partial charge in [-0.15, -0.1) is 0 Å². The van der Waals surface area contributed by atoms with E-state index in [2.05, 4.69) is 40.6 Å². The zero-order valence-corrected chi connectivity index (χ0v) is 19.3. The Bertz CT molecular complexity index is 871. The van der Waals surface area contributed by atoms with Gasteiger partial charge in [0.2, 0.25) is 0 Å². The second-order valence-electron chi connectivity index (χ2n) is 5.47. The molecule has 0 fully saturated rings. The molecule has 0 saturated carbocycles. The van der Waals surface area contributed by atoms with E-state index >= 15 is 0 Å². The zero-order chi connectivity index (χ0) is 23.6. The van der Waals surface area contributed by atoms with Crippen molar-refractivity contribution in [2.24, 2.45) is 0 Å². The summed E-state index contributed by atoms with van der Waals surface area (Å²) in [5.41, 5.74) is 0.460. The largest absolute Gasteiger partial charge is 0.465 e. The predicted octanol–water partition coefficient (Wildman–Crippen LogP) is 2.97. The Hall–Kier alpha value is -3.44. The minimum absolute atomic E-state index is 0.145. The third-order valence-electron chi connectivity index (χ3n) is 3.06. The molecular weight excluding hydrogens is 468 g/mol. The molecule has 0 spiro atoms. The number of ether oxygens (including phenoxy) is 2. The molecule has 0 aliphatic heterocycles. The Balaban J connectivity index is 0.000000477. The number of aromatic nitrogens is 4. The molecule has 0 N–H and O–H groups in total. The molecule has 2 aromatic heterocycles. The van der Waals surface area contributed by atoms with Crippen LogP contribution in [-0.2, 0) is 19.1 Å². The fourth-order valence-corrected chi connectivity index (χ4v) is 1.90. The van der Waals surface area contributed by atoms with Crippen LogP contribution in [0.15, 0.2) is 29.3 Å². The molecule has 0 bridgehead atoms. The quantitative estimate of drug-likeness (QED) is 0.571. The van der Waals surface area contributed by atoms with Gasteiger partial charge >= 0.3 is 11.9 Å². The number of carbonyl (C=O) groups is 2. The van der Waals surface area contributed by atoms with Gasteiger partial charge < -0.3 is 9.47 Å². The Morgan fingerprint density at radius 3 is 1.84 bits per heavy atom. The Morgan fingerprint density at radius 1 is 0.968 bits per heavy atom. The second-order valence-corrected chi connectivity index (χ2v) is 6.38. The first-order chi connectivity index (χ1) is 14.8. The minimum atomic E-state index is -0.939. The molecule has 2 aromatic rings. The van der Waals surface area contributed by atoms with E-state index < -0.39 is 17.9 Å². The maximum absolute atomic E-state index is 11.4. The summed E-state index contributed by atoms with van der Waals surface area (Å²) in [5.74, 6) is -0.555. The molecule has 164 valence electrons. The molecule has 2 heterocycles. The van der Waals surface area contributed by atoms with Crippen molar-refractivity contribution in [1.82, 2.24) is 19.9 Å². The van der Waals surface area contributed by atoms with E-state index in [1.807, 2.05) is 13.0 Å². The van der Waals surface area contributed by atoms with Crippen molar-refractivity contribution >= 4 is 27.9 Å². The maximum atomic E-state index is 11.4. The van der Waals surface area contributed by atoms with Crippen molar-refractivity contribution in [3.05, 3.63) is 46.5 Å². The van der Waals surface area contributed by atoms with Crippen LogP contribution >= 0.6 is 15.9 Å². The highest BCUT2D eigenvalue weighted by molar-refractivity contribution is 9.10. The lowest BCUT2D eigenvalue weighted by Gasteiger charge is -2.07. The van der Waals surface area contributed by atoms with E-state index in [0.29, 0.717) is 18.0 Å².